The fourth-order valence-electron chi connectivity index (χ4n) is 1.66. The van der Waals surface area contributed by atoms with Gasteiger partial charge in [0.05, 0.1) is 0 Å². The van der Waals surface area contributed by atoms with Crippen LogP contribution in [-0.2, 0) is 4.79 Å². The van der Waals surface area contributed by atoms with Crippen molar-refractivity contribution in [1.82, 2.24) is 10.6 Å². The Hall–Kier alpha value is -0.830. The monoisotopic (exact) mass is 182 g/mol. The van der Waals surface area contributed by atoms with Crippen LogP contribution in [0.5, 0.6) is 0 Å². The van der Waals surface area contributed by atoms with Gasteiger partial charge in [-0.1, -0.05) is 6.08 Å². The van der Waals surface area contributed by atoms with Crippen molar-refractivity contribution < 1.29 is 4.79 Å². The van der Waals surface area contributed by atoms with Gasteiger partial charge in [-0.3, -0.25) is 4.79 Å². The zero-order valence-corrected chi connectivity index (χ0v) is 8.39. The van der Waals surface area contributed by atoms with Crippen molar-refractivity contribution in [3.63, 3.8) is 0 Å². The maximum Gasteiger partial charge on any atom is 0.224 e. The summed E-state index contributed by atoms with van der Waals surface area (Å²) in [5, 5.41) is 6.35. The molecule has 3 nitrogen and oxygen atoms in total. The minimum atomic E-state index is 0.0246. The van der Waals surface area contributed by atoms with Gasteiger partial charge in [-0.2, -0.15) is 0 Å². The lowest BCUT2D eigenvalue weighted by Crippen LogP contribution is -2.50. The highest BCUT2D eigenvalue weighted by Gasteiger charge is 2.34. The molecule has 0 spiro atoms. The third-order valence-electron chi connectivity index (χ3n) is 2.55. The van der Waals surface area contributed by atoms with Crippen LogP contribution in [0.4, 0.5) is 0 Å². The van der Waals surface area contributed by atoms with Crippen molar-refractivity contribution in [3.05, 3.63) is 12.7 Å². The maximum atomic E-state index is 11.3. The Kier molecular flexibility index (Phi) is 3.09. The summed E-state index contributed by atoms with van der Waals surface area (Å²) < 4.78 is 0. The van der Waals surface area contributed by atoms with E-state index in [-0.39, 0.29) is 17.5 Å². The molecular formula is C10H18N2O. The zero-order chi connectivity index (χ0) is 9.90. The highest BCUT2D eigenvalue weighted by molar-refractivity contribution is 5.77. The lowest BCUT2D eigenvalue weighted by molar-refractivity contribution is -0.121. The molecular weight excluding hydrogens is 164 g/mol. The van der Waals surface area contributed by atoms with Gasteiger partial charge < -0.3 is 10.6 Å². The zero-order valence-electron chi connectivity index (χ0n) is 8.39. The SMILES string of the molecule is C=CCC(=O)NC1CCNC1(C)C. The molecule has 1 atom stereocenters. The van der Waals surface area contributed by atoms with E-state index in [1.165, 1.54) is 0 Å². The maximum absolute atomic E-state index is 11.3. The van der Waals surface area contributed by atoms with Crippen LogP contribution in [0.3, 0.4) is 0 Å². The lowest BCUT2D eigenvalue weighted by Gasteiger charge is -2.27. The number of carbonyl (C=O) groups is 1. The van der Waals surface area contributed by atoms with E-state index in [1.54, 1.807) is 6.08 Å². The van der Waals surface area contributed by atoms with Crippen LogP contribution in [0.15, 0.2) is 12.7 Å². The highest BCUT2D eigenvalue weighted by atomic mass is 16.1. The highest BCUT2D eigenvalue weighted by Crippen LogP contribution is 2.18. The summed E-state index contributed by atoms with van der Waals surface area (Å²) >= 11 is 0. The van der Waals surface area contributed by atoms with Crippen LogP contribution < -0.4 is 10.6 Å². The summed E-state index contributed by atoms with van der Waals surface area (Å²) in [6.45, 7) is 8.73. The van der Waals surface area contributed by atoms with E-state index in [2.05, 4.69) is 31.1 Å². The van der Waals surface area contributed by atoms with Crippen molar-refractivity contribution in [3.8, 4) is 0 Å². The predicted octanol–water partition coefficient (Wildman–Crippen LogP) is 0.819. The number of amides is 1. The molecule has 0 aliphatic carbocycles. The van der Waals surface area contributed by atoms with Crippen LogP contribution in [-0.4, -0.2) is 24.0 Å². The summed E-state index contributed by atoms with van der Waals surface area (Å²) in [6, 6.07) is 0.250. The Morgan fingerprint density at radius 3 is 2.92 bits per heavy atom. The number of hydrogen-bond donors (Lipinski definition) is 2. The van der Waals surface area contributed by atoms with Crippen LogP contribution in [0.2, 0.25) is 0 Å². The van der Waals surface area contributed by atoms with E-state index in [4.69, 9.17) is 0 Å². The smallest absolute Gasteiger partial charge is 0.224 e. The number of carbonyl (C=O) groups excluding carboxylic acids is 1. The third-order valence-corrected chi connectivity index (χ3v) is 2.55. The van der Waals surface area contributed by atoms with Crippen LogP contribution in [0, 0.1) is 0 Å². The van der Waals surface area contributed by atoms with Gasteiger partial charge in [0.2, 0.25) is 5.91 Å². The summed E-state index contributed by atoms with van der Waals surface area (Å²) in [5.74, 6) is 0.0665. The Morgan fingerprint density at radius 1 is 1.77 bits per heavy atom. The van der Waals surface area contributed by atoms with E-state index in [0.29, 0.717) is 6.42 Å². The Balaban J connectivity index is 2.44. The molecule has 0 aromatic rings. The second kappa shape index (κ2) is 3.92. The predicted molar refractivity (Wildman–Crippen MR) is 53.4 cm³/mol. The molecule has 0 radical (unpaired) electrons. The topological polar surface area (TPSA) is 41.1 Å². The molecule has 1 fully saturated rings. The van der Waals surface area contributed by atoms with Crippen molar-refractivity contribution >= 4 is 5.91 Å². The van der Waals surface area contributed by atoms with Gasteiger partial charge in [0, 0.05) is 18.0 Å². The van der Waals surface area contributed by atoms with Crippen molar-refractivity contribution in [1.29, 1.82) is 0 Å². The Morgan fingerprint density at radius 2 is 2.46 bits per heavy atom. The quantitative estimate of drug-likeness (QED) is 0.634. The molecule has 2 N–H and O–H groups in total. The molecule has 13 heavy (non-hydrogen) atoms. The molecule has 0 aromatic carbocycles. The fraction of sp³-hybridized carbons (Fsp3) is 0.700. The molecule has 1 aliphatic heterocycles. The first-order valence-electron chi connectivity index (χ1n) is 4.71. The summed E-state index contributed by atoms with van der Waals surface area (Å²) in [5.41, 5.74) is 0.0246. The van der Waals surface area contributed by atoms with E-state index in [0.717, 1.165) is 13.0 Å². The molecule has 0 aromatic heterocycles. The first-order chi connectivity index (χ1) is 6.06. The van der Waals surface area contributed by atoms with Gasteiger partial charge in [0.25, 0.3) is 0 Å². The van der Waals surface area contributed by atoms with Crippen molar-refractivity contribution in [2.24, 2.45) is 0 Å². The molecule has 74 valence electrons. The van der Waals surface area contributed by atoms with Gasteiger partial charge in [0.1, 0.15) is 0 Å². The molecule has 0 bridgehead atoms. The first kappa shape index (κ1) is 10.3. The Bertz CT molecular complexity index is 211. The molecule has 1 amide bonds. The molecule has 3 heteroatoms. The van der Waals surface area contributed by atoms with E-state index < -0.39 is 0 Å². The van der Waals surface area contributed by atoms with Gasteiger partial charge in [0.15, 0.2) is 0 Å². The van der Waals surface area contributed by atoms with Crippen LogP contribution >= 0.6 is 0 Å². The van der Waals surface area contributed by atoms with Crippen molar-refractivity contribution in [2.75, 3.05) is 6.54 Å². The molecule has 1 heterocycles. The largest absolute Gasteiger partial charge is 0.351 e. The molecule has 1 saturated heterocycles. The number of rotatable bonds is 3. The first-order valence-corrected chi connectivity index (χ1v) is 4.71. The average Bonchev–Trinajstić information content (AvgIpc) is 2.31. The number of hydrogen-bond acceptors (Lipinski definition) is 2. The lowest BCUT2D eigenvalue weighted by atomic mass is 9.97. The van der Waals surface area contributed by atoms with Gasteiger partial charge >= 0.3 is 0 Å². The minimum Gasteiger partial charge on any atom is -0.351 e. The van der Waals surface area contributed by atoms with E-state index in [1.807, 2.05) is 0 Å². The normalized spacial score (nSPS) is 25.5. The summed E-state index contributed by atoms with van der Waals surface area (Å²) in [6.07, 6.45) is 3.05. The molecule has 1 rings (SSSR count). The molecule has 1 unspecified atom stereocenters. The van der Waals surface area contributed by atoms with Gasteiger partial charge in [-0.15, -0.1) is 6.58 Å². The fourth-order valence-corrected chi connectivity index (χ4v) is 1.66. The average molecular weight is 182 g/mol. The van der Waals surface area contributed by atoms with Crippen LogP contribution in [0.25, 0.3) is 0 Å². The summed E-state index contributed by atoms with van der Waals surface area (Å²) in [7, 11) is 0. The Labute approximate surface area is 79.6 Å². The molecule has 1 aliphatic rings. The second-order valence-corrected chi connectivity index (χ2v) is 4.05. The molecule has 0 saturated carbocycles. The van der Waals surface area contributed by atoms with Crippen molar-refractivity contribution in [2.45, 2.75) is 38.3 Å². The number of nitrogens with one attached hydrogen (secondary N) is 2. The van der Waals surface area contributed by atoms with Crippen LogP contribution in [0.1, 0.15) is 26.7 Å². The summed E-state index contributed by atoms with van der Waals surface area (Å²) in [4.78, 5) is 11.3. The third kappa shape index (κ3) is 2.56. The van der Waals surface area contributed by atoms with E-state index in [9.17, 15) is 4.79 Å². The van der Waals surface area contributed by atoms with Gasteiger partial charge in [-0.25, -0.2) is 0 Å². The standard InChI is InChI=1S/C10H18N2O/c1-4-5-9(13)12-8-6-7-11-10(8,2)3/h4,8,11H,1,5-7H2,2-3H3,(H,12,13). The minimum absolute atomic E-state index is 0.0246. The van der Waals surface area contributed by atoms with E-state index >= 15 is 0 Å². The van der Waals surface area contributed by atoms with Gasteiger partial charge in [-0.05, 0) is 26.8 Å². The second-order valence-electron chi connectivity index (χ2n) is 4.05.